The zero-order chi connectivity index (χ0) is 14.3. The molecule has 4 heteroatoms. The fourth-order valence-corrected chi connectivity index (χ4v) is 2.99. The van der Waals surface area contributed by atoms with Gasteiger partial charge in [0.2, 0.25) is 11.8 Å². The van der Waals surface area contributed by atoms with E-state index in [1.54, 1.807) is 4.90 Å². The maximum Gasteiger partial charge on any atom is 0.246 e. The van der Waals surface area contributed by atoms with Gasteiger partial charge >= 0.3 is 0 Å². The van der Waals surface area contributed by atoms with Crippen LogP contribution in [-0.4, -0.2) is 28.8 Å². The molecule has 4 nitrogen and oxygen atoms in total. The molecule has 0 spiro atoms. The van der Waals surface area contributed by atoms with Gasteiger partial charge in [0.1, 0.15) is 5.54 Å². The Hall–Kier alpha value is -1.84. The summed E-state index contributed by atoms with van der Waals surface area (Å²) in [6.07, 6.45) is 2.06. The summed E-state index contributed by atoms with van der Waals surface area (Å²) in [4.78, 5) is 26.3. The van der Waals surface area contributed by atoms with E-state index in [2.05, 4.69) is 5.32 Å². The highest BCUT2D eigenvalue weighted by atomic mass is 16.2. The molecule has 1 aromatic carbocycles. The predicted octanol–water partition coefficient (Wildman–Crippen LogP) is 1.62. The van der Waals surface area contributed by atoms with Gasteiger partial charge in [0.25, 0.3) is 0 Å². The van der Waals surface area contributed by atoms with Crippen molar-refractivity contribution in [2.75, 3.05) is 6.54 Å². The number of nitrogens with zero attached hydrogens (tertiary/aromatic N) is 1. The van der Waals surface area contributed by atoms with Crippen LogP contribution in [-0.2, 0) is 16.1 Å². The molecule has 1 saturated heterocycles. The second-order valence-electron chi connectivity index (χ2n) is 6.07. The minimum absolute atomic E-state index is 0.00767. The lowest BCUT2D eigenvalue weighted by Crippen LogP contribution is -2.66. The molecule has 2 amide bonds. The number of piperazine rings is 1. The van der Waals surface area contributed by atoms with Gasteiger partial charge in [0, 0.05) is 6.54 Å². The lowest BCUT2D eigenvalue weighted by atomic mass is 9.89. The number of aryl methyl sites for hydroxylation is 1. The van der Waals surface area contributed by atoms with Crippen molar-refractivity contribution < 1.29 is 9.59 Å². The smallest absolute Gasteiger partial charge is 0.246 e. The number of carbonyl (C=O) groups excluding carboxylic acids is 2. The molecule has 1 aromatic rings. The van der Waals surface area contributed by atoms with E-state index < -0.39 is 5.54 Å². The SMILES string of the molecule is Cc1ccc(CN2C(=O)CNC(=O)C2(C)C2CC2)cc1. The van der Waals surface area contributed by atoms with Crippen molar-refractivity contribution in [3.63, 3.8) is 0 Å². The molecule has 1 heterocycles. The fourth-order valence-electron chi connectivity index (χ4n) is 2.99. The van der Waals surface area contributed by atoms with Gasteiger partial charge in [-0.1, -0.05) is 29.8 Å². The normalized spacial score (nSPS) is 26.6. The van der Waals surface area contributed by atoms with Gasteiger partial charge in [0.15, 0.2) is 0 Å². The van der Waals surface area contributed by atoms with Crippen molar-refractivity contribution in [1.82, 2.24) is 10.2 Å². The maximum atomic E-state index is 12.3. The van der Waals surface area contributed by atoms with Gasteiger partial charge in [-0.15, -0.1) is 0 Å². The van der Waals surface area contributed by atoms with Crippen LogP contribution in [0.5, 0.6) is 0 Å². The van der Waals surface area contributed by atoms with Gasteiger partial charge in [0.05, 0.1) is 6.54 Å². The highest BCUT2D eigenvalue weighted by Crippen LogP contribution is 2.44. The Morgan fingerprint density at radius 1 is 1.25 bits per heavy atom. The van der Waals surface area contributed by atoms with Crippen LogP contribution in [0.15, 0.2) is 24.3 Å². The summed E-state index contributed by atoms with van der Waals surface area (Å²) in [7, 11) is 0. The quantitative estimate of drug-likeness (QED) is 0.909. The first kappa shape index (κ1) is 13.2. The van der Waals surface area contributed by atoms with E-state index in [0.717, 1.165) is 18.4 Å². The Morgan fingerprint density at radius 3 is 2.50 bits per heavy atom. The van der Waals surface area contributed by atoms with Crippen LogP contribution >= 0.6 is 0 Å². The summed E-state index contributed by atoms with van der Waals surface area (Å²) in [6.45, 7) is 4.58. The fraction of sp³-hybridized carbons (Fsp3) is 0.500. The largest absolute Gasteiger partial charge is 0.345 e. The number of benzene rings is 1. The van der Waals surface area contributed by atoms with Crippen molar-refractivity contribution in [2.24, 2.45) is 5.92 Å². The summed E-state index contributed by atoms with van der Waals surface area (Å²) in [5.41, 5.74) is 1.59. The molecule has 1 aliphatic carbocycles. The molecule has 106 valence electrons. The monoisotopic (exact) mass is 272 g/mol. The van der Waals surface area contributed by atoms with Crippen molar-refractivity contribution in [1.29, 1.82) is 0 Å². The Labute approximate surface area is 119 Å². The number of hydrogen-bond acceptors (Lipinski definition) is 2. The first-order chi connectivity index (χ1) is 9.51. The Balaban J connectivity index is 1.89. The molecule has 1 atom stereocenters. The molecule has 3 rings (SSSR count). The van der Waals surface area contributed by atoms with Gasteiger partial charge in [-0.05, 0) is 38.2 Å². The third-order valence-corrected chi connectivity index (χ3v) is 4.56. The van der Waals surface area contributed by atoms with E-state index in [4.69, 9.17) is 0 Å². The molecule has 1 unspecified atom stereocenters. The van der Waals surface area contributed by atoms with Crippen LogP contribution in [0.25, 0.3) is 0 Å². The Morgan fingerprint density at radius 2 is 1.90 bits per heavy atom. The van der Waals surface area contributed by atoms with Gasteiger partial charge in [-0.2, -0.15) is 0 Å². The molecule has 0 radical (unpaired) electrons. The highest BCUT2D eigenvalue weighted by molar-refractivity contribution is 5.98. The number of carbonyl (C=O) groups is 2. The van der Waals surface area contributed by atoms with Crippen LogP contribution in [0.3, 0.4) is 0 Å². The Bertz CT molecular complexity index is 548. The van der Waals surface area contributed by atoms with E-state index in [1.165, 1.54) is 5.56 Å². The van der Waals surface area contributed by atoms with Crippen LogP contribution < -0.4 is 5.32 Å². The number of rotatable bonds is 3. The molecule has 0 aromatic heterocycles. The van der Waals surface area contributed by atoms with Gasteiger partial charge < -0.3 is 10.2 Å². The standard InChI is InChI=1S/C16H20N2O2/c1-11-3-5-12(6-4-11)10-18-14(19)9-17-15(20)16(18,2)13-7-8-13/h3-6,13H,7-10H2,1-2H3,(H,17,20). The number of amides is 2. The van der Waals surface area contributed by atoms with E-state index in [9.17, 15) is 9.59 Å². The predicted molar refractivity (Wildman–Crippen MR) is 75.9 cm³/mol. The van der Waals surface area contributed by atoms with Crippen LogP contribution in [0.4, 0.5) is 0 Å². The topological polar surface area (TPSA) is 49.4 Å². The first-order valence-electron chi connectivity index (χ1n) is 7.16. The van der Waals surface area contributed by atoms with Crippen LogP contribution in [0, 0.1) is 12.8 Å². The van der Waals surface area contributed by atoms with E-state index >= 15 is 0 Å². The summed E-state index contributed by atoms with van der Waals surface area (Å²) in [5.74, 6) is 0.309. The van der Waals surface area contributed by atoms with Crippen LogP contribution in [0.2, 0.25) is 0 Å². The van der Waals surface area contributed by atoms with Gasteiger partial charge in [-0.25, -0.2) is 0 Å². The molecule has 2 fully saturated rings. The van der Waals surface area contributed by atoms with E-state index in [0.29, 0.717) is 12.5 Å². The zero-order valence-corrected chi connectivity index (χ0v) is 12.0. The average molecular weight is 272 g/mol. The van der Waals surface area contributed by atoms with Crippen molar-refractivity contribution in [3.8, 4) is 0 Å². The highest BCUT2D eigenvalue weighted by Gasteiger charge is 2.54. The third kappa shape index (κ3) is 2.09. The van der Waals surface area contributed by atoms with Crippen LogP contribution in [0.1, 0.15) is 30.9 Å². The first-order valence-corrected chi connectivity index (χ1v) is 7.16. The molecule has 0 bridgehead atoms. The van der Waals surface area contributed by atoms with Crippen molar-refractivity contribution >= 4 is 11.8 Å². The lowest BCUT2D eigenvalue weighted by molar-refractivity contribution is -0.155. The second-order valence-corrected chi connectivity index (χ2v) is 6.07. The molecule has 2 aliphatic rings. The molecule has 1 aliphatic heterocycles. The summed E-state index contributed by atoms with van der Waals surface area (Å²) in [5, 5.41) is 2.74. The lowest BCUT2D eigenvalue weighted by Gasteiger charge is -2.44. The minimum Gasteiger partial charge on any atom is -0.345 e. The van der Waals surface area contributed by atoms with E-state index in [-0.39, 0.29) is 18.4 Å². The maximum absolute atomic E-state index is 12.3. The zero-order valence-electron chi connectivity index (χ0n) is 12.0. The summed E-state index contributed by atoms with van der Waals surface area (Å²) >= 11 is 0. The second kappa shape index (κ2) is 4.62. The third-order valence-electron chi connectivity index (χ3n) is 4.56. The molecular formula is C16H20N2O2. The van der Waals surface area contributed by atoms with E-state index in [1.807, 2.05) is 38.1 Å². The molecular weight excluding hydrogens is 252 g/mol. The molecule has 1 saturated carbocycles. The van der Waals surface area contributed by atoms with Crippen molar-refractivity contribution in [2.45, 2.75) is 38.8 Å². The summed E-state index contributed by atoms with van der Waals surface area (Å²) in [6, 6.07) is 8.14. The summed E-state index contributed by atoms with van der Waals surface area (Å²) < 4.78 is 0. The van der Waals surface area contributed by atoms with Crippen molar-refractivity contribution in [3.05, 3.63) is 35.4 Å². The minimum atomic E-state index is -0.680. The van der Waals surface area contributed by atoms with Gasteiger partial charge in [-0.3, -0.25) is 9.59 Å². The molecule has 20 heavy (non-hydrogen) atoms. The Kier molecular flexibility index (Phi) is 3.04. The number of hydrogen-bond donors (Lipinski definition) is 1. The number of nitrogens with one attached hydrogen (secondary N) is 1. The average Bonchev–Trinajstić information content (AvgIpc) is 3.26. The molecule has 1 N–H and O–H groups in total.